The summed E-state index contributed by atoms with van der Waals surface area (Å²) in [5.74, 6) is 0.00519. The Kier molecular flexibility index (Phi) is 2.27. The highest BCUT2D eigenvalue weighted by molar-refractivity contribution is 6.04. The second kappa shape index (κ2) is 3.35. The van der Waals surface area contributed by atoms with E-state index < -0.39 is 6.04 Å². The maximum atomic E-state index is 11.9. The highest BCUT2D eigenvalue weighted by atomic mass is 16.2. The van der Waals surface area contributed by atoms with E-state index in [2.05, 4.69) is 0 Å². The van der Waals surface area contributed by atoms with Crippen molar-refractivity contribution in [3.8, 4) is 0 Å². The molecule has 1 aliphatic rings. The lowest BCUT2D eigenvalue weighted by atomic mass is 10.1. The van der Waals surface area contributed by atoms with Crippen LogP contribution in [0.4, 0.5) is 5.69 Å². The lowest BCUT2D eigenvalue weighted by molar-refractivity contribution is -0.119. The van der Waals surface area contributed by atoms with Gasteiger partial charge in [-0.25, -0.2) is 0 Å². The zero-order chi connectivity index (χ0) is 11.2. The first kappa shape index (κ1) is 10.2. The second-order valence-corrected chi connectivity index (χ2v) is 4.34. The molecule has 0 aromatic heterocycles. The van der Waals surface area contributed by atoms with Crippen LogP contribution in [0.25, 0.3) is 0 Å². The molecule has 0 aliphatic carbocycles. The number of rotatable bonds is 1. The lowest BCUT2D eigenvalue weighted by Gasteiger charge is -2.21. The van der Waals surface area contributed by atoms with Gasteiger partial charge in [-0.2, -0.15) is 0 Å². The predicted octanol–water partition coefficient (Wildman–Crippen LogP) is 1.75. The first-order valence-electron chi connectivity index (χ1n) is 5.21. The number of nitrogens with zero attached hydrogens (tertiary/aromatic N) is 1. The molecule has 1 aromatic rings. The molecule has 1 atom stereocenters. The molecule has 1 aromatic carbocycles. The Labute approximate surface area is 89.9 Å². The monoisotopic (exact) mass is 204 g/mol. The summed E-state index contributed by atoms with van der Waals surface area (Å²) in [6.07, 6.45) is 0. The minimum Gasteiger partial charge on any atom is -0.316 e. The quantitative estimate of drug-likeness (QED) is 0.757. The van der Waals surface area contributed by atoms with E-state index in [1.807, 2.05) is 39.0 Å². The Balaban J connectivity index is 2.55. The number of aryl methyl sites for hydroxylation is 1. The summed E-state index contributed by atoms with van der Waals surface area (Å²) in [5.41, 5.74) is 8.96. The molecule has 2 rings (SSSR count). The van der Waals surface area contributed by atoms with Gasteiger partial charge in [0.25, 0.3) is 0 Å². The number of carbonyl (C=O) groups excluding carboxylic acids is 1. The summed E-state index contributed by atoms with van der Waals surface area (Å²) in [6, 6.07) is 5.67. The van der Waals surface area contributed by atoms with Crippen molar-refractivity contribution in [3.63, 3.8) is 0 Å². The standard InChI is InChI=1S/C12H16N2O/c1-7(2)14-10-5-4-8(3)6-9(10)11(13)12(14)15/h4-7,11H,13H2,1-3H3/t11-/m0/s1. The number of hydrogen-bond acceptors (Lipinski definition) is 2. The van der Waals surface area contributed by atoms with Crippen molar-refractivity contribution < 1.29 is 4.79 Å². The van der Waals surface area contributed by atoms with Crippen molar-refractivity contribution in [1.29, 1.82) is 0 Å². The molecular formula is C12H16N2O. The molecule has 1 amide bonds. The minimum absolute atomic E-state index is 0.00519. The molecule has 0 fully saturated rings. The van der Waals surface area contributed by atoms with Crippen molar-refractivity contribution in [3.05, 3.63) is 29.3 Å². The summed E-state index contributed by atoms with van der Waals surface area (Å²) in [7, 11) is 0. The first-order chi connectivity index (χ1) is 7.02. The van der Waals surface area contributed by atoms with Crippen LogP contribution >= 0.6 is 0 Å². The Hall–Kier alpha value is -1.35. The third-order valence-electron chi connectivity index (χ3n) is 2.80. The molecule has 0 saturated heterocycles. The zero-order valence-corrected chi connectivity index (χ0v) is 9.32. The Morgan fingerprint density at radius 3 is 2.67 bits per heavy atom. The highest BCUT2D eigenvalue weighted by Crippen LogP contribution is 2.36. The van der Waals surface area contributed by atoms with E-state index in [9.17, 15) is 4.79 Å². The van der Waals surface area contributed by atoms with E-state index in [4.69, 9.17) is 5.73 Å². The Morgan fingerprint density at radius 2 is 2.07 bits per heavy atom. The first-order valence-corrected chi connectivity index (χ1v) is 5.21. The number of anilines is 1. The summed E-state index contributed by atoms with van der Waals surface area (Å²) in [6.45, 7) is 6.01. The largest absolute Gasteiger partial charge is 0.316 e. The van der Waals surface area contributed by atoms with Crippen molar-refractivity contribution in [2.45, 2.75) is 32.9 Å². The van der Waals surface area contributed by atoms with E-state index in [0.717, 1.165) is 16.8 Å². The van der Waals surface area contributed by atoms with Gasteiger partial charge >= 0.3 is 0 Å². The molecule has 15 heavy (non-hydrogen) atoms. The molecule has 1 heterocycles. The molecule has 0 saturated carbocycles. The van der Waals surface area contributed by atoms with Crippen LogP contribution in [0.2, 0.25) is 0 Å². The van der Waals surface area contributed by atoms with Gasteiger partial charge in [0, 0.05) is 17.3 Å². The van der Waals surface area contributed by atoms with Gasteiger partial charge in [0.15, 0.2) is 0 Å². The van der Waals surface area contributed by atoms with Gasteiger partial charge < -0.3 is 10.6 Å². The second-order valence-electron chi connectivity index (χ2n) is 4.34. The lowest BCUT2D eigenvalue weighted by Crippen LogP contribution is -2.36. The van der Waals surface area contributed by atoms with Gasteiger partial charge in [0.05, 0.1) is 0 Å². The fourth-order valence-electron chi connectivity index (χ4n) is 2.08. The molecule has 0 unspecified atom stereocenters. The Morgan fingerprint density at radius 1 is 1.40 bits per heavy atom. The third kappa shape index (κ3) is 1.43. The average Bonchev–Trinajstić information content (AvgIpc) is 2.41. The van der Waals surface area contributed by atoms with Crippen LogP contribution in [0, 0.1) is 6.92 Å². The van der Waals surface area contributed by atoms with Gasteiger partial charge in [-0.3, -0.25) is 4.79 Å². The number of hydrogen-bond donors (Lipinski definition) is 1. The maximum Gasteiger partial charge on any atom is 0.248 e. The number of carbonyl (C=O) groups is 1. The number of amides is 1. The van der Waals surface area contributed by atoms with Gasteiger partial charge in [-0.05, 0) is 26.8 Å². The molecule has 0 bridgehead atoms. The van der Waals surface area contributed by atoms with E-state index in [1.165, 1.54) is 0 Å². The number of nitrogens with two attached hydrogens (primary N) is 1. The van der Waals surface area contributed by atoms with E-state index in [1.54, 1.807) is 4.90 Å². The van der Waals surface area contributed by atoms with Crippen LogP contribution in [-0.4, -0.2) is 11.9 Å². The smallest absolute Gasteiger partial charge is 0.248 e. The summed E-state index contributed by atoms with van der Waals surface area (Å²) < 4.78 is 0. The zero-order valence-electron chi connectivity index (χ0n) is 9.32. The normalized spacial score (nSPS) is 19.9. The maximum absolute atomic E-state index is 11.9. The van der Waals surface area contributed by atoms with Crippen molar-refractivity contribution >= 4 is 11.6 Å². The Bertz CT molecular complexity index is 412. The molecule has 0 radical (unpaired) electrons. The molecule has 0 spiro atoms. The van der Waals surface area contributed by atoms with Gasteiger partial charge in [-0.1, -0.05) is 17.7 Å². The molecule has 3 heteroatoms. The van der Waals surface area contributed by atoms with E-state index in [-0.39, 0.29) is 11.9 Å². The summed E-state index contributed by atoms with van der Waals surface area (Å²) in [5, 5.41) is 0. The fourth-order valence-corrected chi connectivity index (χ4v) is 2.08. The average molecular weight is 204 g/mol. The van der Waals surface area contributed by atoms with Gasteiger partial charge in [0.1, 0.15) is 6.04 Å². The van der Waals surface area contributed by atoms with Crippen LogP contribution < -0.4 is 10.6 Å². The molecular weight excluding hydrogens is 188 g/mol. The van der Waals surface area contributed by atoms with Crippen molar-refractivity contribution in [2.24, 2.45) is 5.73 Å². The van der Waals surface area contributed by atoms with Crippen molar-refractivity contribution in [2.75, 3.05) is 4.90 Å². The molecule has 2 N–H and O–H groups in total. The van der Waals surface area contributed by atoms with E-state index >= 15 is 0 Å². The van der Waals surface area contributed by atoms with Crippen LogP contribution in [-0.2, 0) is 4.79 Å². The molecule has 80 valence electrons. The number of fused-ring (bicyclic) bond motifs is 1. The van der Waals surface area contributed by atoms with Crippen molar-refractivity contribution in [1.82, 2.24) is 0 Å². The third-order valence-corrected chi connectivity index (χ3v) is 2.80. The van der Waals surface area contributed by atoms with Crippen LogP contribution in [0.3, 0.4) is 0 Å². The SMILES string of the molecule is Cc1ccc2c(c1)[C@H](N)C(=O)N2C(C)C. The topological polar surface area (TPSA) is 46.3 Å². The minimum atomic E-state index is -0.484. The van der Waals surface area contributed by atoms with Gasteiger partial charge in [0.2, 0.25) is 5.91 Å². The highest BCUT2D eigenvalue weighted by Gasteiger charge is 2.35. The van der Waals surface area contributed by atoms with Crippen LogP contribution in [0.15, 0.2) is 18.2 Å². The van der Waals surface area contributed by atoms with Crippen LogP contribution in [0.1, 0.15) is 31.0 Å². The predicted molar refractivity (Wildman–Crippen MR) is 60.7 cm³/mol. The van der Waals surface area contributed by atoms with Gasteiger partial charge in [-0.15, -0.1) is 0 Å². The fraction of sp³-hybridized carbons (Fsp3) is 0.417. The number of benzene rings is 1. The van der Waals surface area contributed by atoms with Crippen LogP contribution in [0.5, 0.6) is 0 Å². The summed E-state index contributed by atoms with van der Waals surface area (Å²) >= 11 is 0. The summed E-state index contributed by atoms with van der Waals surface area (Å²) in [4.78, 5) is 13.7. The molecule has 1 aliphatic heterocycles. The van der Waals surface area contributed by atoms with E-state index in [0.29, 0.717) is 0 Å². The molecule has 3 nitrogen and oxygen atoms in total.